The van der Waals surface area contributed by atoms with E-state index in [0.29, 0.717) is 5.13 Å². The summed E-state index contributed by atoms with van der Waals surface area (Å²) >= 11 is 3.60. The van der Waals surface area contributed by atoms with Gasteiger partial charge in [0.25, 0.3) is 0 Å². The molecule has 0 atom stereocenters. The van der Waals surface area contributed by atoms with Crippen LogP contribution in [0.5, 0.6) is 0 Å². The Balaban J connectivity index is 1.76. The molecule has 78 valence electrons. The summed E-state index contributed by atoms with van der Waals surface area (Å²) in [5.41, 5.74) is 6.74. The molecule has 2 N–H and O–H groups in total. The van der Waals surface area contributed by atoms with E-state index in [2.05, 4.69) is 22.1 Å². The third-order valence-electron chi connectivity index (χ3n) is 2.59. The van der Waals surface area contributed by atoms with Gasteiger partial charge >= 0.3 is 0 Å². The summed E-state index contributed by atoms with van der Waals surface area (Å²) < 4.78 is 0. The van der Waals surface area contributed by atoms with Crippen LogP contribution in [0.1, 0.15) is 37.8 Å². The highest BCUT2D eigenvalue weighted by molar-refractivity contribution is 7.99. The van der Waals surface area contributed by atoms with Crippen LogP contribution in [0, 0.1) is 0 Å². The maximum atomic E-state index is 5.59. The van der Waals surface area contributed by atoms with E-state index in [-0.39, 0.29) is 0 Å². The average Bonchev–Trinajstić information content (AvgIpc) is 2.63. The van der Waals surface area contributed by atoms with E-state index < -0.39 is 0 Å². The molecule has 1 aliphatic rings. The molecule has 14 heavy (non-hydrogen) atoms. The molecule has 0 unspecified atom stereocenters. The van der Waals surface area contributed by atoms with Crippen LogP contribution in [0.3, 0.4) is 0 Å². The lowest BCUT2D eigenvalue weighted by atomic mass is 10.0. The average molecular weight is 228 g/mol. The molecule has 0 radical (unpaired) electrons. The van der Waals surface area contributed by atoms with Crippen molar-refractivity contribution < 1.29 is 0 Å². The second kappa shape index (κ2) is 5.03. The molecule has 1 aromatic rings. The molecular formula is C10H16N2S2. The molecule has 0 amide bonds. The fourth-order valence-electron chi connectivity index (χ4n) is 1.82. The number of aromatic nitrogens is 1. The highest BCUT2D eigenvalue weighted by atomic mass is 32.2. The van der Waals surface area contributed by atoms with Gasteiger partial charge in [-0.3, -0.25) is 0 Å². The Labute approximate surface area is 93.3 Å². The molecule has 0 saturated heterocycles. The summed E-state index contributed by atoms with van der Waals surface area (Å²) in [5.74, 6) is 1.04. The monoisotopic (exact) mass is 228 g/mol. The summed E-state index contributed by atoms with van der Waals surface area (Å²) in [6, 6.07) is 0. The van der Waals surface area contributed by atoms with Crippen LogP contribution in [-0.2, 0) is 5.75 Å². The molecule has 0 aliphatic heterocycles. The number of nitrogen functional groups attached to an aromatic ring is 1. The van der Waals surface area contributed by atoms with Crippen molar-refractivity contribution in [3.05, 3.63) is 11.1 Å². The van der Waals surface area contributed by atoms with Gasteiger partial charge in [0.1, 0.15) is 0 Å². The van der Waals surface area contributed by atoms with Crippen LogP contribution < -0.4 is 5.73 Å². The van der Waals surface area contributed by atoms with Crippen molar-refractivity contribution in [2.24, 2.45) is 0 Å². The quantitative estimate of drug-likeness (QED) is 0.863. The van der Waals surface area contributed by atoms with Crippen molar-refractivity contribution in [2.45, 2.75) is 43.1 Å². The smallest absolute Gasteiger partial charge is 0.180 e. The highest BCUT2D eigenvalue weighted by Gasteiger charge is 2.14. The standard InChI is InChI=1S/C10H16N2S2/c11-10-12-8(7-14-10)6-13-9-4-2-1-3-5-9/h7,9H,1-6H2,(H2,11,12). The zero-order valence-electron chi connectivity index (χ0n) is 8.24. The van der Waals surface area contributed by atoms with Crippen LogP contribution in [0.4, 0.5) is 5.13 Å². The van der Waals surface area contributed by atoms with Gasteiger partial charge in [0.2, 0.25) is 0 Å². The molecule has 1 fully saturated rings. The van der Waals surface area contributed by atoms with Crippen molar-refractivity contribution in [3.63, 3.8) is 0 Å². The first-order valence-electron chi connectivity index (χ1n) is 5.16. The third kappa shape index (κ3) is 2.89. The molecule has 4 heteroatoms. The van der Waals surface area contributed by atoms with Gasteiger partial charge in [-0.1, -0.05) is 19.3 Å². The lowest BCUT2D eigenvalue weighted by Gasteiger charge is -2.20. The maximum Gasteiger partial charge on any atom is 0.180 e. The van der Waals surface area contributed by atoms with Gasteiger partial charge in [0.05, 0.1) is 5.69 Å². The Hall–Kier alpha value is -0.220. The predicted octanol–water partition coefficient (Wildman–Crippen LogP) is 3.29. The normalized spacial score (nSPS) is 18.6. The van der Waals surface area contributed by atoms with Crippen molar-refractivity contribution in [3.8, 4) is 0 Å². The van der Waals surface area contributed by atoms with Gasteiger partial charge in [0, 0.05) is 16.4 Å². The number of hydrogen-bond donors (Lipinski definition) is 1. The van der Waals surface area contributed by atoms with E-state index in [1.54, 1.807) is 11.3 Å². The minimum absolute atomic E-state index is 0.698. The second-order valence-corrected chi connectivity index (χ2v) is 5.93. The Morgan fingerprint density at radius 1 is 1.43 bits per heavy atom. The van der Waals surface area contributed by atoms with Gasteiger partial charge < -0.3 is 5.73 Å². The van der Waals surface area contributed by atoms with E-state index in [4.69, 9.17) is 5.73 Å². The van der Waals surface area contributed by atoms with Crippen LogP contribution >= 0.6 is 23.1 Å². The molecule has 1 heterocycles. The number of rotatable bonds is 3. The Bertz CT molecular complexity index is 279. The van der Waals surface area contributed by atoms with Crippen LogP contribution in [0.25, 0.3) is 0 Å². The first-order chi connectivity index (χ1) is 6.84. The molecule has 2 nitrogen and oxygen atoms in total. The van der Waals surface area contributed by atoms with Gasteiger partial charge in [-0.2, -0.15) is 11.8 Å². The number of thioether (sulfide) groups is 1. The van der Waals surface area contributed by atoms with E-state index in [1.807, 2.05) is 0 Å². The maximum absolute atomic E-state index is 5.59. The molecular weight excluding hydrogens is 212 g/mol. The molecule has 0 bridgehead atoms. The highest BCUT2D eigenvalue weighted by Crippen LogP contribution is 2.30. The zero-order valence-corrected chi connectivity index (χ0v) is 9.87. The third-order valence-corrected chi connectivity index (χ3v) is 4.72. The molecule has 0 spiro atoms. The Morgan fingerprint density at radius 2 is 2.21 bits per heavy atom. The van der Waals surface area contributed by atoms with Crippen molar-refractivity contribution in [1.29, 1.82) is 0 Å². The second-order valence-electron chi connectivity index (χ2n) is 3.75. The summed E-state index contributed by atoms with van der Waals surface area (Å²) in [5, 5.41) is 3.64. The minimum Gasteiger partial charge on any atom is -0.375 e. The number of nitrogens with zero attached hydrogens (tertiary/aromatic N) is 1. The summed E-state index contributed by atoms with van der Waals surface area (Å²) in [6.07, 6.45) is 7.04. The van der Waals surface area contributed by atoms with Gasteiger partial charge in [-0.15, -0.1) is 11.3 Å². The van der Waals surface area contributed by atoms with E-state index in [1.165, 1.54) is 32.1 Å². The first-order valence-corrected chi connectivity index (χ1v) is 7.09. The molecule has 0 aromatic carbocycles. The summed E-state index contributed by atoms with van der Waals surface area (Å²) in [6.45, 7) is 0. The van der Waals surface area contributed by atoms with Crippen molar-refractivity contribution >= 4 is 28.2 Å². The molecule has 1 aliphatic carbocycles. The zero-order chi connectivity index (χ0) is 9.80. The topological polar surface area (TPSA) is 38.9 Å². The number of anilines is 1. The number of hydrogen-bond acceptors (Lipinski definition) is 4. The van der Waals surface area contributed by atoms with Crippen molar-refractivity contribution in [2.75, 3.05) is 5.73 Å². The Morgan fingerprint density at radius 3 is 2.86 bits per heavy atom. The van der Waals surface area contributed by atoms with Crippen molar-refractivity contribution in [1.82, 2.24) is 4.98 Å². The van der Waals surface area contributed by atoms with E-state index in [9.17, 15) is 0 Å². The van der Waals surface area contributed by atoms with E-state index in [0.717, 1.165) is 16.7 Å². The fraction of sp³-hybridized carbons (Fsp3) is 0.700. The fourth-order valence-corrected chi connectivity index (χ4v) is 3.71. The number of nitrogens with two attached hydrogens (primary N) is 1. The largest absolute Gasteiger partial charge is 0.375 e. The predicted molar refractivity (Wildman–Crippen MR) is 64.7 cm³/mol. The van der Waals surface area contributed by atoms with Crippen LogP contribution in [-0.4, -0.2) is 10.2 Å². The van der Waals surface area contributed by atoms with Gasteiger partial charge in [-0.05, 0) is 12.8 Å². The lowest BCUT2D eigenvalue weighted by Crippen LogP contribution is -2.08. The molecule has 1 aromatic heterocycles. The number of thiazole rings is 1. The first kappa shape index (κ1) is 10.3. The SMILES string of the molecule is Nc1nc(CSC2CCCCC2)cs1. The van der Waals surface area contributed by atoms with E-state index >= 15 is 0 Å². The lowest BCUT2D eigenvalue weighted by molar-refractivity contribution is 0.516. The summed E-state index contributed by atoms with van der Waals surface area (Å²) in [7, 11) is 0. The van der Waals surface area contributed by atoms with Crippen LogP contribution in [0.15, 0.2) is 5.38 Å². The molecule has 1 saturated carbocycles. The minimum atomic E-state index is 0.698. The molecule has 2 rings (SSSR count). The Kier molecular flexibility index (Phi) is 3.70. The van der Waals surface area contributed by atoms with Gasteiger partial charge in [0.15, 0.2) is 5.13 Å². The van der Waals surface area contributed by atoms with Crippen LogP contribution in [0.2, 0.25) is 0 Å². The van der Waals surface area contributed by atoms with Gasteiger partial charge in [-0.25, -0.2) is 4.98 Å². The summed E-state index contributed by atoms with van der Waals surface area (Å²) in [4.78, 5) is 4.27.